The summed E-state index contributed by atoms with van der Waals surface area (Å²) in [6.45, 7) is 0.232. The number of nitriles is 1. The van der Waals surface area contributed by atoms with E-state index in [1.807, 2.05) is 6.07 Å². The van der Waals surface area contributed by atoms with Crippen LogP contribution in [0.15, 0.2) is 12.1 Å². The zero-order valence-corrected chi connectivity index (χ0v) is 8.81. The highest BCUT2D eigenvalue weighted by Crippen LogP contribution is 2.28. The van der Waals surface area contributed by atoms with Crippen molar-refractivity contribution in [1.29, 1.82) is 5.26 Å². The molecule has 0 aliphatic carbocycles. The van der Waals surface area contributed by atoms with Crippen molar-refractivity contribution < 1.29 is 0 Å². The summed E-state index contributed by atoms with van der Waals surface area (Å²) in [5.41, 5.74) is 12.1. The number of hydrogen-bond acceptors (Lipinski definition) is 3. The van der Waals surface area contributed by atoms with Crippen molar-refractivity contribution in [2.24, 2.45) is 11.5 Å². The lowest BCUT2D eigenvalue weighted by molar-refractivity contribution is 0.735. The first-order chi connectivity index (χ1) is 6.60. The van der Waals surface area contributed by atoms with E-state index in [4.69, 9.17) is 39.9 Å². The van der Waals surface area contributed by atoms with Gasteiger partial charge in [0.2, 0.25) is 0 Å². The van der Waals surface area contributed by atoms with Crippen molar-refractivity contribution >= 4 is 23.2 Å². The van der Waals surface area contributed by atoms with E-state index in [1.54, 1.807) is 6.07 Å². The molecule has 1 rings (SSSR count). The minimum absolute atomic E-state index is 0.232. The molecule has 0 bridgehead atoms. The summed E-state index contributed by atoms with van der Waals surface area (Å²) in [6, 6.07) is 4.63. The van der Waals surface area contributed by atoms with E-state index >= 15 is 0 Å². The maximum Gasteiger partial charge on any atom is 0.0996 e. The van der Waals surface area contributed by atoms with Gasteiger partial charge in [0.15, 0.2) is 0 Å². The fourth-order valence-corrected chi connectivity index (χ4v) is 1.81. The third kappa shape index (κ3) is 2.17. The molecular weight excluding hydrogens is 221 g/mol. The standard InChI is InChI=1S/C9H9Cl2N3/c10-6-1-5(3-12)9(7(11)2-6)8(14)4-13/h1-2,8H,4,13-14H2/t8-/m1/s1. The van der Waals surface area contributed by atoms with Crippen LogP contribution >= 0.6 is 23.2 Å². The van der Waals surface area contributed by atoms with E-state index in [1.165, 1.54) is 6.07 Å². The Labute approximate surface area is 92.2 Å². The second-order valence-corrected chi connectivity index (χ2v) is 3.65. The molecule has 4 N–H and O–H groups in total. The van der Waals surface area contributed by atoms with Crippen molar-refractivity contribution in [3.8, 4) is 6.07 Å². The van der Waals surface area contributed by atoms with Crippen molar-refractivity contribution in [2.45, 2.75) is 6.04 Å². The number of nitrogens with zero attached hydrogens (tertiary/aromatic N) is 1. The van der Waals surface area contributed by atoms with E-state index in [2.05, 4.69) is 0 Å². The summed E-state index contributed by atoms with van der Waals surface area (Å²) >= 11 is 11.7. The number of halogens is 2. The summed E-state index contributed by atoms with van der Waals surface area (Å²) < 4.78 is 0. The Morgan fingerprint density at radius 2 is 2.07 bits per heavy atom. The lowest BCUT2D eigenvalue weighted by atomic mass is 10.0. The average molecular weight is 230 g/mol. The first-order valence-corrected chi connectivity index (χ1v) is 4.70. The third-order valence-corrected chi connectivity index (χ3v) is 2.37. The van der Waals surface area contributed by atoms with Crippen LogP contribution in [0.5, 0.6) is 0 Å². The summed E-state index contributed by atoms with van der Waals surface area (Å²) in [5.74, 6) is 0. The van der Waals surface area contributed by atoms with Gasteiger partial charge in [0.05, 0.1) is 11.6 Å². The van der Waals surface area contributed by atoms with Crippen molar-refractivity contribution in [3.63, 3.8) is 0 Å². The van der Waals surface area contributed by atoms with Crippen LogP contribution in [0.2, 0.25) is 10.0 Å². The maximum absolute atomic E-state index is 8.85. The first kappa shape index (κ1) is 11.3. The molecule has 0 saturated heterocycles. The zero-order valence-electron chi connectivity index (χ0n) is 7.30. The van der Waals surface area contributed by atoms with Gasteiger partial charge in [0, 0.05) is 28.2 Å². The molecule has 0 aliphatic rings. The summed E-state index contributed by atoms with van der Waals surface area (Å²) in [4.78, 5) is 0. The highest BCUT2D eigenvalue weighted by molar-refractivity contribution is 6.35. The van der Waals surface area contributed by atoms with Crippen LogP contribution in [0.4, 0.5) is 0 Å². The number of nitrogens with two attached hydrogens (primary N) is 2. The zero-order chi connectivity index (χ0) is 10.7. The van der Waals surface area contributed by atoms with Gasteiger partial charge in [0.25, 0.3) is 0 Å². The van der Waals surface area contributed by atoms with E-state index in [9.17, 15) is 0 Å². The Morgan fingerprint density at radius 3 is 2.57 bits per heavy atom. The Kier molecular flexibility index (Phi) is 3.73. The molecule has 0 saturated carbocycles. The topological polar surface area (TPSA) is 75.8 Å². The average Bonchev–Trinajstić information content (AvgIpc) is 2.15. The Balaban J connectivity index is 3.34. The molecule has 1 aromatic rings. The fourth-order valence-electron chi connectivity index (χ4n) is 1.17. The monoisotopic (exact) mass is 229 g/mol. The lowest BCUT2D eigenvalue weighted by Crippen LogP contribution is -2.22. The van der Waals surface area contributed by atoms with Crippen LogP contribution in [0.25, 0.3) is 0 Å². The number of hydrogen-bond donors (Lipinski definition) is 2. The van der Waals surface area contributed by atoms with E-state index < -0.39 is 6.04 Å². The predicted octanol–water partition coefficient (Wildman–Crippen LogP) is 1.82. The molecule has 14 heavy (non-hydrogen) atoms. The van der Waals surface area contributed by atoms with Gasteiger partial charge in [-0.05, 0) is 12.1 Å². The van der Waals surface area contributed by atoms with Gasteiger partial charge in [-0.2, -0.15) is 5.26 Å². The van der Waals surface area contributed by atoms with Gasteiger partial charge in [-0.3, -0.25) is 0 Å². The molecule has 0 aromatic heterocycles. The SMILES string of the molecule is N#Cc1cc(Cl)cc(Cl)c1[C@H](N)CN. The van der Waals surface area contributed by atoms with E-state index in [0.717, 1.165) is 0 Å². The number of rotatable bonds is 2. The van der Waals surface area contributed by atoms with Gasteiger partial charge >= 0.3 is 0 Å². The van der Waals surface area contributed by atoms with Gasteiger partial charge in [-0.1, -0.05) is 23.2 Å². The molecule has 0 radical (unpaired) electrons. The second-order valence-electron chi connectivity index (χ2n) is 2.80. The predicted molar refractivity (Wildman–Crippen MR) is 57.2 cm³/mol. The van der Waals surface area contributed by atoms with Crippen molar-refractivity contribution in [3.05, 3.63) is 33.3 Å². The minimum Gasteiger partial charge on any atom is -0.329 e. The van der Waals surface area contributed by atoms with Crippen molar-refractivity contribution in [1.82, 2.24) is 0 Å². The van der Waals surface area contributed by atoms with E-state index in [-0.39, 0.29) is 6.54 Å². The molecular formula is C9H9Cl2N3. The highest BCUT2D eigenvalue weighted by Gasteiger charge is 2.14. The molecule has 0 unspecified atom stereocenters. The van der Waals surface area contributed by atoms with Gasteiger partial charge in [0.1, 0.15) is 0 Å². The summed E-state index contributed by atoms with van der Waals surface area (Å²) in [5, 5.41) is 9.65. The molecule has 1 atom stereocenters. The molecule has 0 heterocycles. The maximum atomic E-state index is 8.85. The minimum atomic E-state index is -0.436. The Bertz CT molecular complexity index is 384. The van der Waals surface area contributed by atoms with Crippen LogP contribution in [0.1, 0.15) is 17.2 Å². The Hall–Kier alpha value is -0.790. The van der Waals surface area contributed by atoms with Crippen LogP contribution in [-0.2, 0) is 0 Å². The van der Waals surface area contributed by atoms with Gasteiger partial charge < -0.3 is 11.5 Å². The van der Waals surface area contributed by atoms with Crippen LogP contribution in [0.3, 0.4) is 0 Å². The molecule has 74 valence electrons. The van der Waals surface area contributed by atoms with Crippen molar-refractivity contribution in [2.75, 3.05) is 6.54 Å². The lowest BCUT2D eigenvalue weighted by Gasteiger charge is -2.13. The smallest absolute Gasteiger partial charge is 0.0996 e. The molecule has 3 nitrogen and oxygen atoms in total. The van der Waals surface area contributed by atoms with E-state index in [0.29, 0.717) is 21.2 Å². The first-order valence-electron chi connectivity index (χ1n) is 3.94. The molecule has 1 aromatic carbocycles. The third-order valence-electron chi connectivity index (χ3n) is 1.84. The molecule has 0 fully saturated rings. The van der Waals surface area contributed by atoms with Crippen LogP contribution in [0, 0.1) is 11.3 Å². The largest absolute Gasteiger partial charge is 0.329 e. The van der Waals surface area contributed by atoms with Crippen LogP contribution < -0.4 is 11.5 Å². The molecule has 0 spiro atoms. The quantitative estimate of drug-likeness (QED) is 0.813. The molecule has 0 amide bonds. The summed E-state index contributed by atoms with van der Waals surface area (Å²) in [6.07, 6.45) is 0. The normalized spacial score (nSPS) is 12.2. The van der Waals surface area contributed by atoms with Gasteiger partial charge in [-0.15, -0.1) is 0 Å². The molecule has 0 aliphatic heterocycles. The van der Waals surface area contributed by atoms with Gasteiger partial charge in [-0.25, -0.2) is 0 Å². The highest BCUT2D eigenvalue weighted by atomic mass is 35.5. The number of benzene rings is 1. The second kappa shape index (κ2) is 4.63. The fraction of sp³-hybridized carbons (Fsp3) is 0.222. The van der Waals surface area contributed by atoms with Crippen LogP contribution in [-0.4, -0.2) is 6.54 Å². The summed E-state index contributed by atoms with van der Waals surface area (Å²) in [7, 11) is 0. The molecule has 5 heteroatoms. The Morgan fingerprint density at radius 1 is 1.43 bits per heavy atom.